The standard InChI is InChI=1S/C14H25N3S/c1-11(2)15-7-13-5-4-6-17(9-13)10-14-8-16-12(3)18-14/h8,11,13,15H,4-7,9-10H2,1-3H3. The van der Waals surface area contributed by atoms with Crippen molar-refractivity contribution in [3.63, 3.8) is 0 Å². The van der Waals surface area contributed by atoms with E-state index in [1.165, 1.54) is 35.8 Å². The summed E-state index contributed by atoms with van der Waals surface area (Å²) in [5.74, 6) is 0.815. The largest absolute Gasteiger partial charge is 0.314 e. The van der Waals surface area contributed by atoms with Gasteiger partial charge in [-0.3, -0.25) is 4.90 Å². The fourth-order valence-corrected chi connectivity index (χ4v) is 3.40. The van der Waals surface area contributed by atoms with Crippen LogP contribution < -0.4 is 5.32 Å². The van der Waals surface area contributed by atoms with E-state index in [-0.39, 0.29) is 0 Å². The van der Waals surface area contributed by atoms with E-state index in [1.807, 2.05) is 17.5 Å². The van der Waals surface area contributed by atoms with E-state index in [0.717, 1.165) is 19.0 Å². The predicted octanol–water partition coefficient (Wildman–Crippen LogP) is 2.66. The third-order valence-corrected chi connectivity index (χ3v) is 4.36. The molecule has 1 aromatic rings. The van der Waals surface area contributed by atoms with Crippen molar-refractivity contribution >= 4 is 11.3 Å². The molecule has 1 atom stereocenters. The van der Waals surface area contributed by atoms with Crippen molar-refractivity contribution in [3.05, 3.63) is 16.1 Å². The average Bonchev–Trinajstić information content (AvgIpc) is 2.73. The van der Waals surface area contributed by atoms with Crippen molar-refractivity contribution in [1.29, 1.82) is 0 Å². The number of nitrogens with zero attached hydrogens (tertiary/aromatic N) is 2. The van der Waals surface area contributed by atoms with Crippen molar-refractivity contribution in [2.45, 2.75) is 46.2 Å². The van der Waals surface area contributed by atoms with Crippen LogP contribution in [-0.2, 0) is 6.54 Å². The smallest absolute Gasteiger partial charge is 0.0897 e. The molecule has 0 amide bonds. The summed E-state index contributed by atoms with van der Waals surface area (Å²) in [6, 6.07) is 0.601. The molecule has 0 aliphatic carbocycles. The summed E-state index contributed by atoms with van der Waals surface area (Å²) in [7, 11) is 0. The number of aryl methyl sites for hydroxylation is 1. The predicted molar refractivity (Wildman–Crippen MR) is 78.0 cm³/mol. The lowest BCUT2D eigenvalue weighted by molar-refractivity contribution is 0.165. The first-order valence-corrected chi connectivity index (χ1v) is 7.82. The molecule has 18 heavy (non-hydrogen) atoms. The summed E-state index contributed by atoms with van der Waals surface area (Å²) in [5, 5.41) is 4.75. The molecule has 1 saturated heterocycles. The molecule has 0 bridgehead atoms. The summed E-state index contributed by atoms with van der Waals surface area (Å²) in [6.45, 7) is 11.3. The number of thiazole rings is 1. The number of hydrogen-bond acceptors (Lipinski definition) is 4. The molecule has 0 radical (unpaired) electrons. The van der Waals surface area contributed by atoms with Gasteiger partial charge in [0.2, 0.25) is 0 Å². The highest BCUT2D eigenvalue weighted by Gasteiger charge is 2.20. The van der Waals surface area contributed by atoms with Crippen molar-refractivity contribution in [1.82, 2.24) is 15.2 Å². The first-order valence-electron chi connectivity index (χ1n) is 7.00. The highest BCUT2D eigenvalue weighted by atomic mass is 32.1. The van der Waals surface area contributed by atoms with Gasteiger partial charge in [-0.1, -0.05) is 13.8 Å². The van der Waals surface area contributed by atoms with E-state index >= 15 is 0 Å². The van der Waals surface area contributed by atoms with Crippen molar-refractivity contribution < 1.29 is 0 Å². The summed E-state index contributed by atoms with van der Waals surface area (Å²) >= 11 is 1.83. The van der Waals surface area contributed by atoms with Crippen LogP contribution in [0.15, 0.2) is 6.20 Å². The quantitative estimate of drug-likeness (QED) is 0.889. The monoisotopic (exact) mass is 267 g/mol. The van der Waals surface area contributed by atoms with Crippen LogP contribution in [-0.4, -0.2) is 35.6 Å². The SMILES string of the molecule is Cc1ncc(CN2CCCC(CNC(C)C)C2)s1. The Labute approximate surface area is 115 Å². The summed E-state index contributed by atoms with van der Waals surface area (Å²) in [4.78, 5) is 8.33. The number of aromatic nitrogens is 1. The van der Waals surface area contributed by atoms with Crippen LogP contribution in [0.2, 0.25) is 0 Å². The second-order valence-corrected chi connectivity index (χ2v) is 6.97. The Hall–Kier alpha value is -0.450. The lowest BCUT2D eigenvalue weighted by atomic mass is 9.98. The minimum Gasteiger partial charge on any atom is -0.314 e. The van der Waals surface area contributed by atoms with Gasteiger partial charge >= 0.3 is 0 Å². The van der Waals surface area contributed by atoms with Crippen molar-refractivity contribution in [2.75, 3.05) is 19.6 Å². The molecule has 0 spiro atoms. The third-order valence-electron chi connectivity index (χ3n) is 3.47. The van der Waals surface area contributed by atoms with Gasteiger partial charge in [0.25, 0.3) is 0 Å². The topological polar surface area (TPSA) is 28.2 Å². The van der Waals surface area contributed by atoms with E-state index < -0.39 is 0 Å². The molecule has 1 unspecified atom stereocenters. The molecule has 0 aromatic carbocycles. The van der Waals surface area contributed by atoms with Gasteiger partial charge in [0, 0.05) is 30.2 Å². The van der Waals surface area contributed by atoms with Gasteiger partial charge in [-0.2, -0.15) is 0 Å². The Bertz CT molecular complexity index is 362. The van der Waals surface area contributed by atoms with E-state index in [4.69, 9.17) is 0 Å². The van der Waals surface area contributed by atoms with Gasteiger partial charge < -0.3 is 5.32 Å². The van der Waals surface area contributed by atoms with Gasteiger partial charge in [-0.05, 0) is 38.8 Å². The van der Waals surface area contributed by atoms with E-state index in [1.54, 1.807) is 0 Å². The molecule has 1 fully saturated rings. The number of hydrogen-bond donors (Lipinski definition) is 1. The van der Waals surface area contributed by atoms with Crippen LogP contribution in [0.4, 0.5) is 0 Å². The zero-order chi connectivity index (χ0) is 13.0. The van der Waals surface area contributed by atoms with Crippen LogP contribution in [0.1, 0.15) is 36.6 Å². The van der Waals surface area contributed by atoms with Crippen molar-refractivity contribution in [2.24, 2.45) is 5.92 Å². The highest BCUT2D eigenvalue weighted by molar-refractivity contribution is 7.11. The Kier molecular flexibility index (Phi) is 5.15. The second kappa shape index (κ2) is 6.64. The molecule has 1 N–H and O–H groups in total. The lowest BCUT2D eigenvalue weighted by Gasteiger charge is -2.32. The zero-order valence-electron chi connectivity index (χ0n) is 11.8. The number of likely N-dealkylation sites (tertiary alicyclic amines) is 1. The molecule has 4 heteroatoms. The van der Waals surface area contributed by atoms with Gasteiger partial charge in [-0.25, -0.2) is 4.98 Å². The highest BCUT2D eigenvalue weighted by Crippen LogP contribution is 2.20. The maximum absolute atomic E-state index is 4.34. The van der Waals surface area contributed by atoms with Crippen molar-refractivity contribution in [3.8, 4) is 0 Å². The molecule has 1 aromatic heterocycles. The van der Waals surface area contributed by atoms with Crippen LogP contribution in [0.3, 0.4) is 0 Å². The van der Waals surface area contributed by atoms with Crippen LogP contribution in [0, 0.1) is 12.8 Å². The maximum Gasteiger partial charge on any atom is 0.0897 e. The van der Waals surface area contributed by atoms with Gasteiger partial charge in [-0.15, -0.1) is 11.3 Å². The molecular weight excluding hydrogens is 242 g/mol. The average molecular weight is 267 g/mol. The minimum absolute atomic E-state index is 0.601. The van der Waals surface area contributed by atoms with E-state index in [0.29, 0.717) is 6.04 Å². The molecule has 102 valence electrons. The maximum atomic E-state index is 4.34. The number of nitrogens with one attached hydrogen (secondary N) is 1. The van der Waals surface area contributed by atoms with E-state index in [9.17, 15) is 0 Å². The van der Waals surface area contributed by atoms with Gasteiger partial charge in [0.05, 0.1) is 5.01 Å². The molecule has 2 rings (SSSR count). The molecule has 3 nitrogen and oxygen atoms in total. The lowest BCUT2D eigenvalue weighted by Crippen LogP contribution is -2.40. The summed E-state index contributed by atoms with van der Waals surface area (Å²) in [6.07, 6.45) is 4.75. The summed E-state index contributed by atoms with van der Waals surface area (Å²) < 4.78 is 0. The van der Waals surface area contributed by atoms with Gasteiger partial charge in [0.1, 0.15) is 0 Å². The number of rotatable bonds is 5. The first-order chi connectivity index (χ1) is 8.63. The Balaban J connectivity index is 1.79. The van der Waals surface area contributed by atoms with E-state index in [2.05, 4.69) is 36.0 Å². The first kappa shape index (κ1) is 14.0. The summed E-state index contributed by atoms with van der Waals surface area (Å²) in [5.41, 5.74) is 0. The molecule has 2 heterocycles. The Morgan fingerprint density at radius 1 is 1.56 bits per heavy atom. The van der Waals surface area contributed by atoms with Crippen LogP contribution in [0.25, 0.3) is 0 Å². The fourth-order valence-electron chi connectivity index (χ4n) is 2.56. The van der Waals surface area contributed by atoms with Crippen LogP contribution in [0.5, 0.6) is 0 Å². The molecular formula is C14H25N3S. The molecule has 1 aliphatic rings. The third kappa shape index (κ3) is 4.34. The van der Waals surface area contributed by atoms with Gasteiger partial charge in [0.15, 0.2) is 0 Å². The fraction of sp³-hybridized carbons (Fsp3) is 0.786. The molecule has 1 aliphatic heterocycles. The normalized spacial score (nSPS) is 21.7. The molecule has 0 saturated carbocycles. The zero-order valence-corrected chi connectivity index (χ0v) is 12.6. The minimum atomic E-state index is 0.601. The number of piperidine rings is 1. The Morgan fingerprint density at radius 2 is 2.39 bits per heavy atom. The van der Waals surface area contributed by atoms with Crippen LogP contribution >= 0.6 is 11.3 Å². The Morgan fingerprint density at radius 3 is 3.06 bits per heavy atom. The second-order valence-electron chi connectivity index (χ2n) is 5.65.